The first kappa shape index (κ1) is 18.7. The molecule has 5 nitrogen and oxygen atoms in total. The molecule has 0 atom stereocenters. The summed E-state index contributed by atoms with van der Waals surface area (Å²) >= 11 is 0. The summed E-state index contributed by atoms with van der Waals surface area (Å²) in [6.07, 6.45) is 7.72. The molecule has 2 aliphatic rings. The Kier molecular flexibility index (Phi) is 5.43. The number of amides is 1. The van der Waals surface area contributed by atoms with E-state index in [0.717, 1.165) is 44.5 Å². The van der Waals surface area contributed by atoms with Gasteiger partial charge < -0.3 is 9.80 Å². The van der Waals surface area contributed by atoms with Crippen molar-refractivity contribution in [2.45, 2.75) is 38.5 Å². The number of aromatic nitrogens is 1. The van der Waals surface area contributed by atoms with E-state index < -0.39 is 0 Å². The van der Waals surface area contributed by atoms with E-state index in [1.54, 1.807) is 12.3 Å². The van der Waals surface area contributed by atoms with Crippen molar-refractivity contribution in [3.63, 3.8) is 0 Å². The SMILES string of the molecule is N#Cc1cnc2ccc(F)cc2c1N1CCC(C(=O)N2CCCCCC2)CC1. The van der Waals surface area contributed by atoms with Crippen LogP contribution in [-0.2, 0) is 4.79 Å². The largest absolute Gasteiger partial charge is 0.370 e. The van der Waals surface area contributed by atoms with Crippen molar-refractivity contribution >= 4 is 22.5 Å². The zero-order valence-corrected chi connectivity index (χ0v) is 16.0. The molecular formula is C22H25FN4O. The highest BCUT2D eigenvalue weighted by atomic mass is 19.1. The van der Waals surface area contributed by atoms with Crippen LogP contribution < -0.4 is 4.90 Å². The molecule has 0 radical (unpaired) electrons. The van der Waals surface area contributed by atoms with Crippen LogP contribution in [0.1, 0.15) is 44.1 Å². The maximum absolute atomic E-state index is 13.8. The number of carbonyl (C=O) groups is 1. The fraction of sp³-hybridized carbons (Fsp3) is 0.500. The summed E-state index contributed by atoms with van der Waals surface area (Å²) in [5, 5.41) is 10.2. The second-order valence-electron chi connectivity index (χ2n) is 7.79. The maximum atomic E-state index is 13.8. The molecule has 28 heavy (non-hydrogen) atoms. The Morgan fingerprint density at radius 1 is 1.11 bits per heavy atom. The van der Waals surface area contributed by atoms with Crippen molar-refractivity contribution in [1.29, 1.82) is 5.26 Å². The van der Waals surface area contributed by atoms with Gasteiger partial charge in [-0.05, 0) is 43.9 Å². The molecule has 0 saturated carbocycles. The molecular weight excluding hydrogens is 355 g/mol. The minimum Gasteiger partial charge on any atom is -0.370 e. The summed E-state index contributed by atoms with van der Waals surface area (Å²) in [4.78, 5) is 21.4. The molecule has 2 aromatic rings. The number of fused-ring (bicyclic) bond motifs is 1. The smallest absolute Gasteiger partial charge is 0.225 e. The molecule has 0 unspecified atom stereocenters. The Morgan fingerprint density at radius 3 is 2.50 bits per heavy atom. The van der Waals surface area contributed by atoms with Crippen molar-refractivity contribution in [2.24, 2.45) is 5.92 Å². The summed E-state index contributed by atoms with van der Waals surface area (Å²) < 4.78 is 13.8. The summed E-state index contributed by atoms with van der Waals surface area (Å²) in [6.45, 7) is 3.14. The normalized spacial score (nSPS) is 18.7. The summed E-state index contributed by atoms with van der Waals surface area (Å²) in [6, 6.07) is 6.68. The fourth-order valence-electron chi connectivity index (χ4n) is 4.47. The van der Waals surface area contributed by atoms with Crippen molar-refractivity contribution in [2.75, 3.05) is 31.1 Å². The van der Waals surface area contributed by atoms with Crippen molar-refractivity contribution in [3.05, 3.63) is 35.8 Å². The molecule has 0 spiro atoms. The van der Waals surface area contributed by atoms with Crippen molar-refractivity contribution in [3.8, 4) is 6.07 Å². The fourth-order valence-corrected chi connectivity index (χ4v) is 4.47. The zero-order chi connectivity index (χ0) is 19.5. The molecule has 2 fully saturated rings. The number of anilines is 1. The first-order chi connectivity index (χ1) is 13.7. The Balaban J connectivity index is 1.53. The second-order valence-corrected chi connectivity index (χ2v) is 7.79. The molecule has 2 saturated heterocycles. The monoisotopic (exact) mass is 380 g/mol. The van der Waals surface area contributed by atoms with E-state index in [0.29, 0.717) is 29.6 Å². The van der Waals surface area contributed by atoms with Gasteiger partial charge >= 0.3 is 0 Å². The van der Waals surface area contributed by atoms with E-state index in [-0.39, 0.29) is 17.6 Å². The Labute approximate surface area is 164 Å². The maximum Gasteiger partial charge on any atom is 0.225 e. The van der Waals surface area contributed by atoms with E-state index in [9.17, 15) is 14.4 Å². The molecule has 4 rings (SSSR count). The van der Waals surface area contributed by atoms with Crippen LogP contribution in [0.5, 0.6) is 0 Å². The molecule has 2 aliphatic heterocycles. The number of piperidine rings is 1. The zero-order valence-electron chi connectivity index (χ0n) is 16.0. The number of benzene rings is 1. The standard InChI is InChI=1S/C22H25FN4O/c23-18-5-6-20-19(13-18)21(17(14-24)15-25-20)26-11-7-16(8-12-26)22(28)27-9-3-1-2-4-10-27/h5-6,13,15-16H,1-4,7-12H2. The van der Waals surface area contributed by atoms with Crippen molar-refractivity contribution in [1.82, 2.24) is 9.88 Å². The van der Waals surface area contributed by atoms with Gasteiger partial charge in [0.2, 0.25) is 5.91 Å². The second kappa shape index (κ2) is 8.14. The quantitative estimate of drug-likeness (QED) is 0.794. The van der Waals surface area contributed by atoms with E-state index in [1.807, 2.05) is 4.90 Å². The first-order valence-electron chi connectivity index (χ1n) is 10.2. The molecule has 6 heteroatoms. The lowest BCUT2D eigenvalue weighted by Gasteiger charge is -2.36. The molecule has 0 bridgehead atoms. The molecule has 146 valence electrons. The minimum atomic E-state index is -0.336. The van der Waals surface area contributed by atoms with E-state index >= 15 is 0 Å². The van der Waals surface area contributed by atoms with Gasteiger partial charge in [0.25, 0.3) is 0 Å². The molecule has 3 heterocycles. The van der Waals surface area contributed by atoms with E-state index in [4.69, 9.17) is 0 Å². The van der Waals surface area contributed by atoms with Crippen LogP contribution in [-0.4, -0.2) is 42.0 Å². The highest BCUT2D eigenvalue weighted by Gasteiger charge is 2.30. The van der Waals surface area contributed by atoms with Gasteiger partial charge in [0, 0.05) is 43.7 Å². The van der Waals surface area contributed by atoms with Crippen molar-refractivity contribution < 1.29 is 9.18 Å². The Morgan fingerprint density at radius 2 is 1.82 bits per heavy atom. The number of nitrogens with zero attached hydrogens (tertiary/aromatic N) is 4. The summed E-state index contributed by atoms with van der Waals surface area (Å²) in [5.41, 5.74) is 1.88. The Bertz CT molecular complexity index is 907. The van der Waals surface area contributed by atoms with Crippen LogP contribution in [0.3, 0.4) is 0 Å². The van der Waals surface area contributed by atoms with Gasteiger partial charge in [0.05, 0.1) is 16.8 Å². The third-order valence-electron chi connectivity index (χ3n) is 6.00. The number of halogens is 1. The van der Waals surface area contributed by atoms with Gasteiger partial charge in [-0.25, -0.2) is 4.39 Å². The molecule has 0 aliphatic carbocycles. The number of pyridine rings is 1. The van der Waals surface area contributed by atoms with Crippen LogP contribution in [0, 0.1) is 23.1 Å². The number of rotatable bonds is 2. The molecule has 1 aromatic heterocycles. The van der Waals surface area contributed by atoms with Crippen LogP contribution in [0.15, 0.2) is 24.4 Å². The number of nitriles is 1. The molecule has 0 N–H and O–H groups in total. The average molecular weight is 380 g/mol. The minimum absolute atomic E-state index is 0.0460. The number of likely N-dealkylation sites (tertiary alicyclic amines) is 1. The summed E-state index contributed by atoms with van der Waals surface area (Å²) in [5.74, 6) is -0.00530. The first-order valence-corrected chi connectivity index (χ1v) is 10.2. The van der Waals surface area contributed by atoms with Gasteiger partial charge in [-0.15, -0.1) is 0 Å². The van der Waals surface area contributed by atoms with Gasteiger partial charge in [-0.3, -0.25) is 9.78 Å². The third-order valence-corrected chi connectivity index (χ3v) is 6.00. The van der Waals surface area contributed by atoms with E-state index in [2.05, 4.69) is 16.0 Å². The van der Waals surface area contributed by atoms with Crippen LogP contribution in [0.4, 0.5) is 10.1 Å². The lowest BCUT2D eigenvalue weighted by atomic mass is 9.94. The van der Waals surface area contributed by atoms with E-state index in [1.165, 1.54) is 25.0 Å². The van der Waals surface area contributed by atoms with Gasteiger partial charge in [0.15, 0.2) is 0 Å². The van der Waals surface area contributed by atoms with Crippen LogP contribution >= 0.6 is 0 Å². The van der Waals surface area contributed by atoms with Crippen LogP contribution in [0.2, 0.25) is 0 Å². The van der Waals surface area contributed by atoms with Crippen LogP contribution in [0.25, 0.3) is 10.9 Å². The lowest BCUT2D eigenvalue weighted by Crippen LogP contribution is -2.43. The molecule has 1 amide bonds. The number of carbonyl (C=O) groups excluding carboxylic acids is 1. The lowest BCUT2D eigenvalue weighted by molar-refractivity contribution is -0.136. The average Bonchev–Trinajstić information content (AvgIpc) is 3.02. The predicted molar refractivity (Wildman–Crippen MR) is 106 cm³/mol. The predicted octanol–water partition coefficient (Wildman–Crippen LogP) is 3.86. The number of hydrogen-bond donors (Lipinski definition) is 0. The highest BCUT2D eigenvalue weighted by Crippen LogP contribution is 2.33. The topological polar surface area (TPSA) is 60.2 Å². The van der Waals surface area contributed by atoms with Gasteiger partial charge in [-0.2, -0.15) is 5.26 Å². The Hall–Kier alpha value is -2.68. The third kappa shape index (κ3) is 3.66. The van der Waals surface area contributed by atoms with Gasteiger partial charge in [0.1, 0.15) is 11.9 Å². The highest BCUT2D eigenvalue weighted by molar-refractivity contribution is 5.94. The molecule has 1 aromatic carbocycles. The van der Waals surface area contributed by atoms with Gasteiger partial charge in [-0.1, -0.05) is 12.8 Å². The number of hydrogen-bond acceptors (Lipinski definition) is 4. The summed E-state index contributed by atoms with van der Waals surface area (Å²) in [7, 11) is 0.